The summed E-state index contributed by atoms with van der Waals surface area (Å²) in [7, 11) is 0. The number of benzene rings is 1. The lowest BCUT2D eigenvalue weighted by atomic mass is 10.2. The van der Waals surface area contributed by atoms with E-state index in [2.05, 4.69) is 15.9 Å². The number of halogens is 1. The first kappa shape index (κ1) is 21.2. The van der Waals surface area contributed by atoms with Gasteiger partial charge in [0.05, 0.1) is 21.5 Å². The molecule has 0 atom stereocenters. The van der Waals surface area contributed by atoms with Crippen LogP contribution in [0.1, 0.15) is 41.5 Å². The van der Waals surface area contributed by atoms with Gasteiger partial charge in [0, 0.05) is 5.39 Å². The van der Waals surface area contributed by atoms with Crippen LogP contribution in [-0.2, 0) is 9.47 Å². The minimum Gasteiger partial charge on any atom is -0.443 e. The number of rotatable bonds is 1. The van der Waals surface area contributed by atoms with E-state index >= 15 is 0 Å². The van der Waals surface area contributed by atoms with Crippen molar-refractivity contribution in [3.63, 3.8) is 0 Å². The maximum Gasteiger partial charge on any atom is 0.419 e. The van der Waals surface area contributed by atoms with E-state index in [9.17, 15) is 9.59 Å². The first-order valence-electron chi connectivity index (χ1n) is 9.32. The topological polar surface area (TPSA) is 62.5 Å². The van der Waals surface area contributed by atoms with E-state index < -0.39 is 23.4 Å². The number of nitrogens with zero attached hydrogens (tertiary/aromatic N) is 2. The largest absolute Gasteiger partial charge is 0.443 e. The van der Waals surface area contributed by atoms with Crippen molar-refractivity contribution in [2.24, 2.45) is 0 Å². The summed E-state index contributed by atoms with van der Waals surface area (Å²) in [6.45, 7) is 10.9. The summed E-state index contributed by atoms with van der Waals surface area (Å²) in [5, 5.41) is 0.862. The zero-order valence-electron chi connectivity index (χ0n) is 17.4. The molecule has 3 rings (SSSR count). The molecule has 0 aliphatic rings. The van der Waals surface area contributed by atoms with E-state index in [1.807, 2.05) is 51.1 Å². The number of fused-ring (bicyclic) bond motifs is 1. The van der Waals surface area contributed by atoms with Crippen LogP contribution in [-0.4, -0.2) is 32.5 Å². The van der Waals surface area contributed by atoms with Crippen LogP contribution >= 0.6 is 15.9 Å². The minimum absolute atomic E-state index is 0.512. The number of ether oxygens (including phenoxy) is 2. The van der Waals surface area contributed by atoms with Crippen molar-refractivity contribution < 1.29 is 19.1 Å². The Bertz CT molecular complexity index is 1080. The van der Waals surface area contributed by atoms with Crippen molar-refractivity contribution in [1.82, 2.24) is 9.13 Å². The van der Waals surface area contributed by atoms with Crippen molar-refractivity contribution in [3.8, 4) is 11.4 Å². The fourth-order valence-electron chi connectivity index (χ4n) is 2.95. The van der Waals surface area contributed by atoms with Crippen molar-refractivity contribution >= 4 is 39.0 Å². The second-order valence-electron chi connectivity index (χ2n) is 8.76. The molecule has 0 amide bonds. The molecule has 0 saturated heterocycles. The highest BCUT2D eigenvalue weighted by atomic mass is 79.9. The monoisotopic (exact) mass is 460 g/mol. The molecule has 0 unspecified atom stereocenters. The Morgan fingerprint density at radius 2 is 1.34 bits per heavy atom. The van der Waals surface area contributed by atoms with Gasteiger partial charge in [-0.3, -0.25) is 0 Å². The smallest absolute Gasteiger partial charge is 0.419 e. The number of para-hydroxylation sites is 1. The third kappa shape index (κ3) is 4.56. The summed E-state index contributed by atoms with van der Waals surface area (Å²) < 4.78 is 14.6. The Kier molecular flexibility index (Phi) is 5.38. The number of carbonyl (C=O) groups excluding carboxylic acids is 2. The number of aromatic nitrogens is 2. The molecule has 0 saturated carbocycles. The summed E-state index contributed by atoms with van der Waals surface area (Å²) in [6, 6.07) is 12.9. The number of hydrogen-bond acceptors (Lipinski definition) is 4. The Morgan fingerprint density at radius 1 is 0.793 bits per heavy atom. The van der Waals surface area contributed by atoms with Crippen LogP contribution in [0.3, 0.4) is 0 Å². The van der Waals surface area contributed by atoms with E-state index in [1.54, 1.807) is 32.9 Å². The second-order valence-corrected chi connectivity index (χ2v) is 9.57. The molecule has 2 heterocycles. The Labute approximate surface area is 178 Å². The Morgan fingerprint density at radius 3 is 1.93 bits per heavy atom. The third-order valence-electron chi connectivity index (χ3n) is 3.96. The van der Waals surface area contributed by atoms with Gasteiger partial charge in [-0.05, 0) is 81.7 Å². The number of carbonyl (C=O) groups is 2. The van der Waals surface area contributed by atoms with E-state index in [0.29, 0.717) is 21.5 Å². The molecule has 7 heteroatoms. The maximum absolute atomic E-state index is 13.0. The predicted molar refractivity (Wildman–Crippen MR) is 116 cm³/mol. The molecule has 0 N–H and O–H groups in total. The summed E-state index contributed by atoms with van der Waals surface area (Å²) >= 11 is 3.41. The standard InChI is InChI=1S/C22H25BrN2O4/c1-21(2,3)28-19(26)24-15-10-8-7-9-14(15)13-17(24)16-11-12-18(23)25(16)20(27)29-22(4,5)6/h7-13H,1-6H3. The molecule has 3 aromatic rings. The van der Waals surface area contributed by atoms with Gasteiger partial charge in [0.25, 0.3) is 0 Å². The normalized spacial score (nSPS) is 12.2. The highest BCUT2D eigenvalue weighted by molar-refractivity contribution is 9.10. The zero-order valence-corrected chi connectivity index (χ0v) is 19.0. The molecule has 0 radical (unpaired) electrons. The van der Waals surface area contributed by atoms with E-state index in [4.69, 9.17) is 9.47 Å². The van der Waals surface area contributed by atoms with Crippen LogP contribution < -0.4 is 0 Å². The molecular weight excluding hydrogens is 436 g/mol. The van der Waals surface area contributed by atoms with Crippen LogP contribution in [0, 0.1) is 0 Å². The molecule has 0 spiro atoms. The molecule has 0 bridgehead atoms. The van der Waals surface area contributed by atoms with E-state index in [1.165, 1.54) is 9.13 Å². The van der Waals surface area contributed by atoms with Gasteiger partial charge in [-0.1, -0.05) is 18.2 Å². The minimum atomic E-state index is -0.659. The van der Waals surface area contributed by atoms with Gasteiger partial charge in [-0.2, -0.15) is 0 Å². The lowest BCUT2D eigenvalue weighted by Gasteiger charge is -2.22. The Hall–Kier alpha value is -2.54. The van der Waals surface area contributed by atoms with Crippen LogP contribution in [0.5, 0.6) is 0 Å². The van der Waals surface area contributed by atoms with Gasteiger partial charge in [-0.25, -0.2) is 18.7 Å². The molecular formula is C22H25BrN2O4. The quantitative estimate of drug-likeness (QED) is 0.419. The van der Waals surface area contributed by atoms with E-state index in [0.717, 1.165) is 5.39 Å². The van der Waals surface area contributed by atoms with Crippen molar-refractivity contribution in [3.05, 3.63) is 47.1 Å². The summed E-state index contributed by atoms with van der Waals surface area (Å²) in [6.07, 6.45) is -1.05. The van der Waals surface area contributed by atoms with Gasteiger partial charge in [0.1, 0.15) is 11.2 Å². The zero-order chi connectivity index (χ0) is 21.6. The van der Waals surface area contributed by atoms with Gasteiger partial charge in [0.2, 0.25) is 0 Å². The SMILES string of the molecule is CC(C)(C)OC(=O)n1c(Br)ccc1-c1cc2ccccc2n1C(=O)OC(C)(C)C. The molecule has 0 aliphatic heterocycles. The van der Waals surface area contributed by atoms with Crippen LogP contribution in [0.15, 0.2) is 47.1 Å². The van der Waals surface area contributed by atoms with Crippen molar-refractivity contribution in [1.29, 1.82) is 0 Å². The molecule has 2 aromatic heterocycles. The van der Waals surface area contributed by atoms with Crippen LogP contribution in [0.25, 0.3) is 22.3 Å². The summed E-state index contributed by atoms with van der Waals surface area (Å²) in [4.78, 5) is 25.9. The second kappa shape index (κ2) is 7.37. The molecule has 154 valence electrons. The van der Waals surface area contributed by atoms with Crippen LogP contribution in [0.4, 0.5) is 9.59 Å². The third-order valence-corrected chi connectivity index (χ3v) is 4.58. The highest BCUT2D eigenvalue weighted by Gasteiger charge is 2.27. The highest BCUT2D eigenvalue weighted by Crippen LogP contribution is 2.32. The van der Waals surface area contributed by atoms with E-state index in [-0.39, 0.29) is 0 Å². The Balaban J connectivity index is 2.20. The first-order valence-corrected chi connectivity index (χ1v) is 10.1. The van der Waals surface area contributed by atoms with Gasteiger partial charge in [-0.15, -0.1) is 0 Å². The van der Waals surface area contributed by atoms with Crippen LogP contribution in [0.2, 0.25) is 0 Å². The lowest BCUT2D eigenvalue weighted by molar-refractivity contribution is 0.0521. The lowest BCUT2D eigenvalue weighted by Crippen LogP contribution is -2.29. The first-order chi connectivity index (χ1) is 13.4. The molecule has 29 heavy (non-hydrogen) atoms. The number of hydrogen-bond donors (Lipinski definition) is 0. The maximum atomic E-state index is 13.0. The van der Waals surface area contributed by atoms with Gasteiger partial charge in [0.15, 0.2) is 0 Å². The summed E-state index contributed by atoms with van der Waals surface area (Å²) in [5.41, 5.74) is 0.443. The molecule has 0 fully saturated rings. The average Bonchev–Trinajstić information content (AvgIpc) is 3.11. The van der Waals surface area contributed by atoms with Gasteiger partial charge < -0.3 is 9.47 Å². The fraction of sp³-hybridized carbons (Fsp3) is 0.364. The van der Waals surface area contributed by atoms with Crippen molar-refractivity contribution in [2.45, 2.75) is 52.7 Å². The fourth-order valence-corrected chi connectivity index (χ4v) is 3.42. The summed E-state index contributed by atoms with van der Waals surface area (Å²) in [5.74, 6) is 0. The predicted octanol–water partition coefficient (Wildman–Crippen LogP) is 6.44. The van der Waals surface area contributed by atoms with Crippen molar-refractivity contribution in [2.75, 3.05) is 0 Å². The molecule has 0 aliphatic carbocycles. The van der Waals surface area contributed by atoms with Gasteiger partial charge >= 0.3 is 12.2 Å². The average molecular weight is 461 g/mol. The molecule has 6 nitrogen and oxygen atoms in total. The molecule has 1 aromatic carbocycles.